The number of halogens is 1. The highest BCUT2D eigenvalue weighted by molar-refractivity contribution is 5.96. The number of rotatable bonds is 5. The Morgan fingerprint density at radius 3 is 2.75 bits per heavy atom. The summed E-state index contributed by atoms with van der Waals surface area (Å²) in [6.07, 6.45) is 0. The number of carbonyl (C=O) groups is 1. The van der Waals surface area contributed by atoms with Crippen molar-refractivity contribution in [2.45, 2.75) is 13.5 Å². The lowest BCUT2D eigenvalue weighted by molar-refractivity contribution is 0.101. The molecule has 0 saturated carbocycles. The Morgan fingerprint density at radius 2 is 1.92 bits per heavy atom. The van der Waals surface area contributed by atoms with Gasteiger partial charge >= 0.3 is 0 Å². The molecule has 5 heteroatoms. The van der Waals surface area contributed by atoms with Crippen LogP contribution < -0.4 is 15.0 Å². The maximum absolute atomic E-state index is 11.6. The van der Waals surface area contributed by atoms with Crippen molar-refractivity contribution in [3.63, 3.8) is 0 Å². The maximum Gasteiger partial charge on any atom is 0.163 e. The summed E-state index contributed by atoms with van der Waals surface area (Å²) in [6.45, 7) is 5.73. The van der Waals surface area contributed by atoms with Crippen LogP contribution in [0.25, 0.3) is 0 Å². The first-order valence-corrected chi connectivity index (χ1v) is 8.02. The standard InChI is InChI=1S/C19H22N2O2.ClH/c1-15(22)17-7-3-5-9-19(17)23-13-12-21-11-10-20-14-16-6-2-4-8-18(16)21;/h2-9,20H,10-14H2,1H3;1H. The Balaban J connectivity index is 0.00000208. The molecular weight excluding hydrogens is 324 g/mol. The number of carbonyl (C=O) groups excluding carboxylic acids is 1. The molecule has 0 atom stereocenters. The summed E-state index contributed by atoms with van der Waals surface area (Å²) >= 11 is 0. The molecule has 3 rings (SSSR count). The monoisotopic (exact) mass is 346 g/mol. The van der Waals surface area contributed by atoms with Crippen molar-refractivity contribution in [3.05, 3.63) is 59.7 Å². The van der Waals surface area contributed by atoms with Gasteiger partial charge in [-0.05, 0) is 30.7 Å². The van der Waals surface area contributed by atoms with Crippen molar-refractivity contribution in [1.29, 1.82) is 0 Å². The molecule has 0 aliphatic carbocycles. The summed E-state index contributed by atoms with van der Waals surface area (Å²) in [4.78, 5) is 14.0. The van der Waals surface area contributed by atoms with Crippen LogP contribution in [0.3, 0.4) is 0 Å². The van der Waals surface area contributed by atoms with Crippen LogP contribution in [-0.4, -0.2) is 32.0 Å². The lowest BCUT2D eigenvalue weighted by Crippen LogP contribution is -2.32. The number of hydrogen-bond acceptors (Lipinski definition) is 4. The number of ketones is 1. The average Bonchev–Trinajstić information content (AvgIpc) is 2.78. The van der Waals surface area contributed by atoms with Crippen LogP contribution in [0.1, 0.15) is 22.8 Å². The van der Waals surface area contributed by atoms with E-state index in [1.165, 1.54) is 11.3 Å². The number of hydrogen-bond donors (Lipinski definition) is 1. The van der Waals surface area contributed by atoms with Crippen LogP contribution in [0.5, 0.6) is 5.75 Å². The highest BCUT2D eigenvalue weighted by Crippen LogP contribution is 2.22. The summed E-state index contributed by atoms with van der Waals surface area (Å²) in [5.41, 5.74) is 3.22. The number of nitrogens with zero attached hydrogens (tertiary/aromatic N) is 1. The Labute approximate surface area is 149 Å². The molecule has 2 aromatic rings. The SMILES string of the molecule is CC(=O)c1ccccc1OCCN1CCNCc2ccccc21.Cl. The van der Waals surface area contributed by atoms with Crippen molar-refractivity contribution in [2.75, 3.05) is 31.1 Å². The van der Waals surface area contributed by atoms with Gasteiger partial charge in [0.2, 0.25) is 0 Å². The summed E-state index contributed by atoms with van der Waals surface area (Å²) in [7, 11) is 0. The first kappa shape index (κ1) is 18.3. The van der Waals surface area contributed by atoms with E-state index in [0.717, 1.165) is 26.2 Å². The van der Waals surface area contributed by atoms with Gasteiger partial charge in [0.05, 0.1) is 12.1 Å². The van der Waals surface area contributed by atoms with Crippen LogP contribution >= 0.6 is 12.4 Å². The number of nitrogens with one attached hydrogen (secondary N) is 1. The van der Waals surface area contributed by atoms with Crippen LogP contribution in [0.2, 0.25) is 0 Å². The zero-order chi connectivity index (χ0) is 16.1. The molecule has 4 nitrogen and oxygen atoms in total. The Bertz CT molecular complexity index is 691. The van der Waals surface area contributed by atoms with Crippen molar-refractivity contribution in [3.8, 4) is 5.75 Å². The number of fused-ring (bicyclic) bond motifs is 1. The van der Waals surface area contributed by atoms with E-state index in [9.17, 15) is 4.79 Å². The van der Waals surface area contributed by atoms with Crippen molar-refractivity contribution in [2.24, 2.45) is 0 Å². The fraction of sp³-hybridized carbons (Fsp3) is 0.316. The second kappa shape index (κ2) is 8.71. The fourth-order valence-corrected chi connectivity index (χ4v) is 2.91. The minimum Gasteiger partial charge on any atom is -0.491 e. The molecule has 0 amide bonds. The molecule has 0 aromatic heterocycles. The topological polar surface area (TPSA) is 41.6 Å². The van der Waals surface area contributed by atoms with E-state index in [1.807, 2.05) is 24.3 Å². The molecule has 0 radical (unpaired) electrons. The van der Waals surface area contributed by atoms with E-state index in [1.54, 1.807) is 6.92 Å². The summed E-state index contributed by atoms with van der Waals surface area (Å²) in [5.74, 6) is 0.700. The van der Waals surface area contributed by atoms with E-state index in [2.05, 4.69) is 34.5 Å². The third kappa shape index (κ3) is 4.28. The van der Waals surface area contributed by atoms with E-state index >= 15 is 0 Å². The molecule has 0 spiro atoms. The van der Waals surface area contributed by atoms with E-state index in [-0.39, 0.29) is 18.2 Å². The van der Waals surface area contributed by atoms with Gasteiger partial charge in [-0.3, -0.25) is 4.79 Å². The van der Waals surface area contributed by atoms with Crippen LogP contribution in [-0.2, 0) is 6.54 Å². The van der Waals surface area contributed by atoms with Gasteiger partial charge in [0.1, 0.15) is 12.4 Å². The first-order valence-electron chi connectivity index (χ1n) is 8.02. The Hall–Kier alpha value is -2.04. The third-order valence-corrected chi connectivity index (χ3v) is 4.09. The predicted octanol–water partition coefficient (Wildman–Crippen LogP) is 3.30. The summed E-state index contributed by atoms with van der Waals surface area (Å²) < 4.78 is 5.87. The quantitative estimate of drug-likeness (QED) is 0.843. The fourth-order valence-electron chi connectivity index (χ4n) is 2.91. The molecule has 1 aliphatic heterocycles. The second-order valence-corrected chi connectivity index (χ2v) is 5.69. The van der Waals surface area contributed by atoms with E-state index < -0.39 is 0 Å². The molecule has 128 valence electrons. The van der Waals surface area contributed by atoms with Gasteiger partial charge in [-0.25, -0.2) is 0 Å². The van der Waals surface area contributed by atoms with E-state index in [0.29, 0.717) is 17.9 Å². The Kier molecular flexibility index (Phi) is 6.64. The molecule has 2 aromatic carbocycles. The molecule has 0 bridgehead atoms. The molecule has 0 fully saturated rings. The molecule has 0 saturated heterocycles. The highest BCUT2D eigenvalue weighted by Gasteiger charge is 2.14. The lowest BCUT2D eigenvalue weighted by atomic mass is 10.1. The Morgan fingerprint density at radius 1 is 1.17 bits per heavy atom. The number of ether oxygens (including phenoxy) is 1. The van der Waals surface area contributed by atoms with Gasteiger partial charge in [0, 0.05) is 25.3 Å². The number of anilines is 1. The van der Waals surface area contributed by atoms with Gasteiger partial charge in [0.25, 0.3) is 0 Å². The van der Waals surface area contributed by atoms with Gasteiger partial charge in [0.15, 0.2) is 5.78 Å². The van der Waals surface area contributed by atoms with E-state index in [4.69, 9.17) is 4.74 Å². The van der Waals surface area contributed by atoms with Crippen LogP contribution in [0, 0.1) is 0 Å². The molecular formula is C19H23ClN2O2. The normalized spacial score (nSPS) is 13.5. The minimum absolute atomic E-state index is 0. The lowest BCUT2D eigenvalue weighted by Gasteiger charge is -2.24. The number of Topliss-reactive ketones (excluding diaryl/α,β-unsaturated/α-hetero) is 1. The number of para-hydroxylation sites is 2. The molecule has 1 aliphatic rings. The zero-order valence-corrected chi connectivity index (χ0v) is 14.6. The van der Waals surface area contributed by atoms with Crippen molar-refractivity contribution >= 4 is 23.9 Å². The minimum atomic E-state index is 0. The highest BCUT2D eigenvalue weighted by atomic mass is 35.5. The van der Waals surface area contributed by atoms with Crippen LogP contribution in [0.15, 0.2) is 48.5 Å². The van der Waals surface area contributed by atoms with Crippen LogP contribution in [0.4, 0.5) is 5.69 Å². The van der Waals surface area contributed by atoms with Gasteiger partial charge in [-0.1, -0.05) is 30.3 Å². The van der Waals surface area contributed by atoms with Gasteiger partial charge in [-0.2, -0.15) is 0 Å². The summed E-state index contributed by atoms with van der Waals surface area (Å²) in [5, 5.41) is 3.44. The van der Waals surface area contributed by atoms with Crippen molar-refractivity contribution < 1.29 is 9.53 Å². The van der Waals surface area contributed by atoms with Gasteiger partial charge < -0.3 is 15.0 Å². The number of benzene rings is 2. The van der Waals surface area contributed by atoms with Crippen molar-refractivity contribution in [1.82, 2.24) is 5.32 Å². The average molecular weight is 347 g/mol. The zero-order valence-electron chi connectivity index (χ0n) is 13.8. The molecule has 24 heavy (non-hydrogen) atoms. The molecule has 1 heterocycles. The molecule has 0 unspecified atom stereocenters. The second-order valence-electron chi connectivity index (χ2n) is 5.69. The smallest absolute Gasteiger partial charge is 0.163 e. The van der Waals surface area contributed by atoms with Gasteiger partial charge in [-0.15, -0.1) is 12.4 Å². The summed E-state index contributed by atoms with van der Waals surface area (Å²) in [6, 6.07) is 15.9. The third-order valence-electron chi connectivity index (χ3n) is 4.09. The molecule has 1 N–H and O–H groups in total. The maximum atomic E-state index is 11.6. The first-order chi connectivity index (χ1) is 11.3. The predicted molar refractivity (Wildman–Crippen MR) is 99.6 cm³/mol. The largest absolute Gasteiger partial charge is 0.491 e.